The summed E-state index contributed by atoms with van der Waals surface area (Å²) in [5.41, 5.74) is 0. The van der Waals surface area contributed by atoms with Gasteiger partial charge in [0.15, 0.2) is 0 Å². The summed E-state index contributed by atoms with van der Waals surface area (Å²) in [6, 6.07) is 0. The molecule has 0 bridgehead atoms. The Labute approximate surface area is 408 Å². The number of rotatable bonds is 52. The molecule has 0 rings (SSSR count). The predicted molar refractivity (Wildman–Crippen MR) is 282 cm³/mol. The molecule has 0 heterocycles. The van der Waals surface area contributed by atoms with Gasteiger partial charge >= 0.3 is 362 Å². The smallest absolute Gasteiger partial charge is 0.396 e. The molecule has 0 aliphatic carbocycles. The molecule has 2 N–H and O–H groups in total. The third-order valence-corrected chi connectivity index (χ3v) is 23.9. The van der Waals surface area contributed by atoms with E-state index in [2.05, 4.69) is 13.8 Å². The van der Waals surface area contributed by atoms with Crippen molar-refractivity contribution in [1.82, 2.24) is 0 Å². The third kappa shape index (κ3) is 41.1. The van der Waals surface area contributed by atoms with Gasteiger partial charge < -0.3 is 10.2 Å². The first-order valence-electron chi connectivity index (χ1n) is 27.8. The van der Waals surface area contributed by atoms with E-state index in [1.54, 1.807) is 0 Å². The minimum Gasteiger partial charge on any atom is -0.396 e. The molecule has 6 nitrogen and oxygen atoms in total. The fourth-order valence-corrected chi connectivity index (χ4v) is 19.3. The van der Waals surface area contributed by atoms with Crippen molar-refractivity contribution in [3.05, 3.63) is 0 Å². The Morgan fingerprint density at radius 1 is 0.365 bits per heavy atom. The number of unbranched alkanes of at least 4 members (excludes halogenated alkanes) is 36. The van der Waals surface area contributed by atoms with Crippen LogP contribution in [0, 0.1) is 11.8 Å². The van der Waals surface area contributed by atoms with E-state index < -0.39 is 19.2 Å². The molecule has 0 amide bonds. The van der Waals surface area contributed by atoms with Crippen molar-refractivity contribution in [3.8, 4) is 0 Å². The maximum atomic E-state index is 14.2. The Balaban J connectivity index is 5.65. The topological polar surface area (TPSA) is 93.1 Å². The van der Waals surface area contributed by atoms with Gasteiger partial charge in [0.05, 0.1) is 0 Å². The fraction of sp³-hybridized carbons (Fsp3) is 0.963. The second kappa shape index (κ2) is 50.2. The Hall–Kier alpha value is 0.359. The molecule has 0 aromatic rings. The van der Waals surface area contributed by atoms with Gasteiger partial charge in [-0.25, -0.2) is 0 Å². The number of carbonyl (C=O) groups excluding carboxylic acids is 2. The first-order valence-corrected chi connectivity index (χ1v) is 35.5. The zero-order valence-electron chi connectivity index (χ0n) is 42.0. The van der Waals surface area contributed by atoms with Gasteiger partial charge in [-0.3, -0.25) is 0 Å². The Morgan fingerprint density at radius 2 is 0.587 bits per heavy atom. The summed E-state index contributed by atoms with van der Waals surface area (Å²) in [4.78, 5) is 28.4. The van der Waals surface area contributed by atoms with Crippen molar-refractivity contribution < 1.29 is 26.0 Å². The molecular formula is C54H108O6S2Sn. The summed E-state index contributed by atoms with van der Waals surface area (Å²) in [7, 11) is 0. The molecule has 0 aromatic carbocycles. The van der Waals surface area contributed by atoms with Gasteiger partial charge in [0.25, 0.3) is 0 Å². The van der Waals surface area contributed by atoms with E-state index in [4.69, 9.17) is 41.6 Å². The van der Waals surface area contributed by atoms with Crippen LogP contribution in [-0.2, 0) is 15.7 Å². The van der Waals surface area contributed by atoms with Crippen LogP contribution < -0.4 is 0 Å². The van der Waals surface area contributed by atoms with Gasteiger partial charge in [-0.2, -0.15) is 0 Å². The summed E-state index contributed by atoms with van der Waals surface area (Å²) in [5.74, 6) is 0.148. The molecule has 0 spiro atoms. The molecular weight excluding hydrogens is 927 g/mol. The fourth-order valence-electron chi connectivity index (χ4n) is 9.05. The summed E-state index contributed by atoms with van der Waals surface area (Å²) in [5, 5.41) is 18.0. The average Bonchev–Trinajstić information content (AvgIpc) is 3.28. The van der Waals surface area contributed by atoms with Crippen molar-refractivity contribution in [2.75, 3.05) is 24.7 Å². The number of hydrogen-bond acceptors (Lipinski definition) is 8. The average molecular weight is 1040 g/mol. The van der Waals surface area contributed by atoms with Gasteiger partial charge in [0.2, 0.25) is 0 Å². The van der Waals surface area contributed by atoms with Crippen LogP contribution in [0.15, 0.2) is 0 Å². The van der Waals surface area contributed by atoms with Crippen molar-refractivity contribution >= 4 is 56.4 Å². The van der Waals surface area contributed by atoms with Crippen molar-refractivity contribution in [1.29, 1.82) is 0 Å². The molecule has 0 aliphatic heterocycles. The molecule has 2 unspecified atom stereocenters. The SMILES string of the molecule is CCCCCCCCCCC[CH2][Sn]([CH2]CCCCCCCCCCC)([O]C(=O)C(CS)CCCCCCCCCCCCO)[O]C(=O)C(CS)CCCCCCCCCCCCO. The van der Waals surface area contributed by atoms with Crippen LogP contribution in [0.25, 0.3) is 0 Å². The van der Waals surface area contributed by atoms with Crippen molar-refractivity contribution in [2.24, 2.45) is 11.8 Å². The van der Waals surface area contributed by atoms with Crippen LogP contribution in [0.4, 0.5) is 0 Å². The van der Waals surface area contributed by atoms with E-state index in [1.807, 2.05) is 0 Å². The first-order chi connectivity index (χ1) is 30.9. The molecule has 0 radical (unpaired) electrons. The van der Waals surface area contributed by atoms with E-state index in [0.29, 0.717) is 24.7 Å². The van der Waals surface area contributed by atoms with E-state index in [1.165, 1.54) is 180 Å². The number of aliphatic hydroxyl groups is 2. The summed E-state index contributed by atoms with van der Waals surface area (Å²) in [6.07, 6.45) is 49.8. The molecule has 0 saturated carbocycles. The molecule has 0 fully saturated rings. The second-order valence-electron chi connectivity index (χ2n) is 19.5. The zero-order valence-corrected chi connectivity index (χ0v) is 46.7. The molecule has 9 heteroatoms. The number of carbonyl (C=O) groups is 2. The zero-order chi connectivity index (χ0) is 46.2. The van der Waals surface area contributed by atoms with Crippen LogP contribution in [0.3, 0.4) is 0 Å². The van der Waals surface area contributed by atoms with E-state index in [0.717, 1.165) is 98.8 Å². The van der Waals surface area contributed by atoms with E-state index >= 15 is 0 Å². The van der Waals surface area contributed by atoms with Gasteiger partial charge in [-0.05, 0) is 12.8 Å². The van der Waals surface area contributed by atoms with Crippen LogP contribution in [0.5, 0.6) is 0 Å². The Morgan fingerprint density at radius 3 is 0.825 bits per heavy atom. The molecule has 63 heavy (non-hydrogen) atoms. The number of aliphatic hydroxyl groups excluding tert-OH is 2. The second-order valence-corrected chi connectivity index (χ2v) is 29.4. The standard InChI is InChI=1S/2C15H30O3S.2C12H25.Sn/c2*16-12-10-8-6-4-2-1-3-5-7-9-11-14(13-19)15(17)18;2*1-3-5-7-9-11-12-10-8-6-4-2;/h2*14,16,19H,1-13H2,(H,17,18);2*1,3-12H2,2H3;/q;;;;+2/p-2. The Kier molecular flexibility index (Phi) is 50.5. The molecule has 376 valence electrons. The van der Waals surface area contributed by atoms with Gasteiger partial charge in [-0.1, -0.05) is 12.8 Å². The summed E-state index contributed by atoms with van der Waals surface area (Å²) in [6.45, 7) is 5.16. The summed E-state index contributed by atoms with van der Waals surface area (Å²) >= 11 is 5.14. The van der Waals surface area contributed by atoms with Gasteiger partial charge in [0.1, 0.15) is 0 Å². The minimum absolute atomic E-state index is 0.147. The Bertz CT molecular complexity index is 883. The van der Waals surface area contributed by atoms with Gasteiger partial charge in [0, 0.05) is 13.2 Å². The maximum absolute atomic E-state index is 14.2. The van der Waals surface area contributed by atoms with Crippen LogP contribution in [-0.4, -0.2) is 66.1 Å². The van der Waals surface area contributed by atoms with Gasteiger partial charge in [-0.15, -0.1) is 0 Å². The van der Waals surface area contributed by atoms with Crippen molar-refractivity contribution in [3.63, 3.8) is 0 Å². The number of hydrogen-bond donors (Lipinski definition) is 4. The molecule has 0 aromatic heterocycles. The third-order valence-electron chi connectivity index (χ3n) is 13.4. The van der Waals surface area contributed by atoms with E-state index in [-0.39, 0.29) is 23.8 Å². The normalized spacial score (nSPS) is 12.8. The molecule has 0 saturated heterocycles. The monoisotopic (exact) mass is 1040 g/mol. The van der Waals surface area contributed by atoms with Crippen LogP contribution >= 0.6 is 25.3 Å². The summed E-state index contributed by atoms with van der Waals surface area (Å²) < 4.78 is 15.2. The molecule has 0 aliphatic rings. The van der Waals surface area contributed by atoms with Crippen LogP contribution in [0.2, 0.25) is 8.87 Å². The van der Waals surface area contributed by atoms with E-state index in [9.17, 15) is 9.59 Å². The predicted octanol–water partition coefficient (Wildman–Crippen LogP) is 17.0. The quantitative estimate of drug-likeness (QED) is 0.0276. The first kappa shape index (κ1) is 63.4. The van der Waals surface area contributed by atoms with Crippen molar-refractivity contribution in [2.45, 2.75) is 292 Å². The molecule has 2 atom stereocenters. The minimum atomic E-state index is -4.24. The number of thiol groups is 2. The van der Waals surface area contributed by atoms with Crippen LogP contribution in [0.1, 0.15) is 284 Å².